The van der Waals surface area contributed by atoms with Gasteiger partial charge in [0.2, 0.25) is 5.91 Å². The molecule has 0 spiro atoms. The van der Waals surface area contributed by atoms with Gasteiger partial charge in [0.15, 0.2) is 5.82 Å². The Hall–Kier alpha value is -2.97. The lowest BCUT2D eigenvalue weighted by molar-refractivity contribution is -0.117. The first-order valence-electron chi connectivity index (χ1n) is 10.1. The molecule has 30 heavy (non-hydrogen) atoms. The standard InChI is InChI=1S/C21H28FN5O3/c1-21(2,3)30-20(29)26(4)13-18(28)23-16-12-14(9-10-15(16)22)19-25-24-17-8-6-5-7-11-27(17)19/h9-10,12H,5-8,11,13H2,1-4H3,(H,23,28). The molecule has 2 heterocycles. The monoisotopic (exact) mass is 417 g/mol. The molecule has 0 aliphatic carbocycles. The summed E-state index contributed by atoms with van der Waals surface area (Å²) in [5, 5.41) is 11.1. The van der Waals surface area contributed by atoms with Crippen molar-refractivity contribution in [1.29, 1.82) is 0 Å². The number of aromatic nitrogens is 3. The van der Waals surface area contributed by atoms with E-state index in [0.717, 1.165) is 43.0 Å². The maximum atomic E-state index is 14.3. The maximum Gasteiger partial charge on any atom is 0.410 e. The topological polar surface area (TPSA) is 89.4 Å². The Balaban J connectivity index is 1.73. The highest BCUT2D eigenvalue weighted by Crippen LogP contribution is 2.26. The van der Waals surface area contributed by atoms with Crippen molar-refractivity contribution < 1.29 is 18.7 Å². The van der Waals surface area contributed by atoms with Gasteiger partial charge < -0.3 is 19.5 Å². The van der Waals surface area contributed by atoms with Gasteiger partial charge in [-0.1, -0.05) is 6.42 Å². The van der Waals surface area contributed by atoms with E-state index in [9.17, 15) is 14.0 Å². The largest absolute Gasteiger partial charge is 0.444 e. The molecule has 0 saturated carbocycles. The highest BCUT2D eigenvalue weighted by Gasteiger charge is 2.22. The number of hydrogen-bond acceptors (Lipinski definition) is 5. The summed E-state index contributed by atoms with van der Waals surface area (Å²) in [6.07, 6.45) is 3.50. The van der Waals surface area contributed by atoms with E-state index in [2.05, 4.69) is 20.1 Å². The second-order valence-corrected chi connectivity index (χ2v) is 8.48. The Labute approximate surface area is 175 Å². The van der Waals surface area contributed by atoms with Crippen molar-refractivity contribution >= 4 is 17.7 Å². The summed E-state index contributed by atoms with van der Waals surface area (Å²) in [4.78, 5) is 25.5. The third kappa shape index (κ3) is 5.34. The van der Waals surface area contributed by atoms with Crippen LogP contribution in [0.15, 0.2) is 18.2 Å². The number of ether oxygens (including phenoxy) is 1. The zero-order valence-corrected chi connectivity index (χ0v) is 17.9. The quantitative estimate of drug-likeness (QED) is 0.821. The average molecular weight is 417 g/mol. The van der Waals surface area contributed by atoms with Crippen molar-refractivity contribution in [2.45, 2.75) is 58.6 Å². The van der Waals surface area contributed by atoms with E-state index in [4.69, 9.17) is 4.74 Å². The van der Waals surface area contributed by atoms with Crippen LogP contribution in [0.3, 0.4) is 0 Å². The number of anilines is 1. The zero-order chi connectivity index (χ0) is 21.9. The van der Waals surface area contributed by atoms with E-state index in [1.54, 1.807) is 32.9 Å². The first kappa shape index (κ1) is 21.7. The number of nitrogens with zero attached hydrogens (tertiary/aromatic N) is 4. The van der Waals surface area contributed by atoms with Crippen LogP contribution in [0.25, 0.3) is 11.4 Å². The Morgan fingerprint density at radius 3 is 2.73 bits per heavy atom. The lowest BCUT2D eigenvalue weighted by Crippen LogP contribution is -2.38. The third-order valence-electron chi connectivity index (χ3n) is 4.69. The van der Waals surface area contributed by atoms with Crippen LogP contribution in [-0.2, 0) is 22.5 Å². The average Bonchev–Trinajstić information content (AvgIpc) is 2.90. The smallest absolute Gasteiger partial charge is 0.410 e. The van der Waals surface area contributed by atoms with E-state index < -0.39 is 23.4 Å². The highest BCUT2D eigenvalue weighted by atomic mass is 19.1. The van der Waals surface area contributed by atoms with Gasteiger partial charge in [0.25, 0.3) is 0 Å². The minimum Gasteiger partial charge on any atom is -0.444 e. The number of carbonyl (C=O) groups is 2. The molecule has 0 unspecified atom stereocenters. The van der Waals surface area contributed by atoms with Gasteiger partial charge in [-0.05, 0) is 51.8 Å². The van der Waals surface area contributed by atoms with Crippen molar-refractivity contribution in [3.63, 3.8) is 0 Å². The second kappa shape index (κ2) is 8.81. The molecule has 1 aromatic heterocycles. The first-order valence-corrected chi connectivity index (χ1v) is 10.1. The molecule has 8 nitrogen and oxygen atoms in total. The third-order valence-corrected chi connectivity index (χ3v) is 4.69. The van der Waals surface area contributed by atoms with Crippen LogP contribution >= 0.6 is 0 Å². The van der Waals surface area contributed by atoms with E-state index in [-0.39, 0.29) is 12.2 Å². The summed E-state index contributed by atoms with van der Waals surface area (Å²) in [5.41, 5.74) is 0.0346. The number of benzene rings is 1. The molecule has 0 fully saturated rings. The lowest BCUT2D eigenvalue weighted by atomic mass is 10.1. The molecular formula is C21H28FN5O3. The number of fused-ring (bicyclic) bond motifs is 1. The van der Waals surface area contributed by atoms with Crippen molar-refractivity contribution in [2.75, 3.05) is 18.9 Å². The predicted molar refractivity (Wildman–Crippen MR) is 110 cm³/mol. The molecule has 162 valence electrons. The fourth-order valence-corrected chi connectivity index (χ4v) is 3.27. The van der Waals surface area contributed by atoms with Crippen molar-refractivity contribution in [2.24, 2.45) is 0 Å². The molecule has 0 bridgehead atoms. The number of halogens is 1. The van der Waals surface area contributed by atoms with Crippen molar-refractivity contribution in [1.82, 2.24) is 19.7 Å². The summed E-state index contributed by atoms with van der Waals surface area (Å²) in [6, 6.07) is 4.46. The molecule has 3 rings (SSSR count). The molecule has 0 saturated heterocycles. The summed E-state index contributed by atoms with van der Waals surface area (Å²) in [7, 11) is 1.45. The van der Waals surface area contributed by atoms with E-state index in [0.29, 0.717) is 11.4 Å². The van der Waals surface area contributed by atoms with Gasteiger partial charge in [0, 0.05) is 25.6 Å². The molecule has 2 amide bonds. The van der Waals surface area contributed by atoms with Gasteiger partial charge in [-0.25, -0.2) is 9.18 Å². The second-order valence-electron chi connectivity index (χ2n) is 8.48. The van der Waals surface area contributed by atoms with Crippen molar-refractivity contribution in [3.8, 4) is 11.4 Å². The molecule has 1 aliphatic heterocycles. The zero-order valence-electron chi connectivity index (χ0n) is 17.9. The van der Waals surface area contributed by atoms with Crippen LogP contribution in [0.4, 0.5) is 14.9 Å². The van der Waals surface area contributed by atoms with Gasteiger partial charge in [0.1, 0.15) is 23.8 Å². The van der Waals surface area contributed by atoms with Crippen LogP contribution in [0.2, 0.25) is 0 Å². The SMILES string of the molecule is CN(CC(=O)Nc1cc(-c2nnc3n2CCCCC3)ccc1F)C(=O)OC(C)(C)C. The Morgan fingerprint density at radius 2 is 2.00 bits per heavy atom. The minimum absolute atomic E-state index is 0.0288. The van der Waals surface area contributed by atoms with Crippen molar-refractivity contribution in [3.05, 3.63) is 29.8 Å². The molecule has 9 heteroatoms. The van der Waals surface area contributed by atoms with Crippen LogP contribution in [0, 0.1) is 5.82 Å². The molecule has 0 radical (unpaired) electrons. The number of rotatable bonds is 4. The Kier molecular flexibility index (Phi) is 6.38. The van der Waals surface area contributed by atoms with E-state index >= 15 is 0 Å². The number of nitrogens with one attached hydrogen (secondary N) is 1. The van der Waals surface area contributed by atoms with Gasteiger partial charge in [-0.3, -0.25) is 4.79 Å². The first-order chi connectivity index (χ1) is 14.1. The van der Waals surface area contributed by atoms with Gasteiger partial charge in [0.05, 0.1) is 5.69 Å². The van der Waals surface area contributed by atoms with Crippen LogP contribution in [-0.4, -0.2) is 50.9 Å². The summed E-state index contributed by atoms with van der Waals surface area (Å²) < 4.78 is 21.6. The molecule has 0 atom stereocenters. The molecule has 2 aromatic rings. The Bertz CT molecular complexity index is 935. The fourth-order valence-electron chi connectivity index (χ4n) is 3.27. The van der Waals surface area contributed by atoms with Gasteiger partial charge >= 0.3 is 6.09 Å². The fraction of sp³-hybridized carbons (Fsp3) is 0.524. The lowest BCUT2D eigenvalue weighted by Gasteiger charge is -2.24. The molecule has 1 aliphatic rings. The van der Waals surface area contributed by atoms with E-state index in [1.807, 2.05) is 0 Å². The van der Waals surface area contributed by atoms with Crippen LogP contribution in [0.5, 0.6) is 0 Å². The molecule has 1 N–H and O–H groups in total. The number of likely N-dealkylation sites (N-methyl/N-ethyl adjacent to an activating group) is 1. The van der Waals surface area contributed by atoms with Gasteiger partial charge in [-0.15, -0.1) is 10.2 Å². The number of amides is 2. The van der Waals surface area contributed by atoms with E-state index in [1.165, 1.54) is 13.1 Å². The maximum absolute atomic E-state index is 14.3. The summed E-state index contributed by atoms with van der Waals surface area (Å²) in [6.45, 7) is 5.77. The molecular weight excluding hydrogens is 389 g/mol. The molecule has 1 aromatic carbocycles. The number of carbonyl (C=O) groups excluding carboxylic acids is 2. The highest BCUT2D eigenvalue weighted by molar-refractivity contribution is 5.94. The number of hydrogen-bond donors (Lipinski definition) is 1. The normalized spacial score (nSPS) is 13.9. The number of aryl methyl sites for hydroxylation is 1. The van der Waals surface area contributed by atoms with Gasteiger partial charge in [-0.2, -0.15) is 0 Å². The van der Waals surface area contributed by atoms with Crippen LogP contribution < -0.4 is 5.32 Å². The minimum atomic E-state index is -0.668. The summed E-state index contributed by atoms with van der Waals surface area (Å²) in [5.74, 6) is 0.492. The predicted octanol–water partition coefficient (Wildman–Crippen LogP) is 3.62. The Morgan fingerprint density at radius 1 is 1.23 bits per heavy atom. The summed E-state index contributed by atoms with van der Waals surface area (Å²) >= 11 is 0. The van der Waals surface area contributed by atoms with Crippen LogP contribution in [0.1, 0.15) is 45.9 Å².